The van der Waals surface area contributed by atoms with Gasteiger partial charge in [0.25, 0.3) is 6.47 Å². The fourth-order valence-electron chi connectivity index (χ4n) is 3.45. The number of piperidine rings is 1. The zero-order valence-electron chi connectivity index (χ0n) is 15.8. The average Bonchev–Trinajstić information content (AvgIpc) is 3.32. The fraction of sp³-hybridized carbons (Fsp3) is 0.389. The number of nitrogen functional groups attached to an aromatic ring is 1. The Balaban J connectivity index is 0.000000755. The van der Waals surface area contributed by atoms with E-state index in [0.717, 1.165) is 49.2 Å². The number of likely N-dealkylation sites (tertiary alicyclic amines) is 1. The smallest absolute Gasteiger partial charge is 0.317 e. The molecule has 1 fully saturated rings. The summed E-state index contributed by atoms with van der Waals surface area (Å²) in [7, 11) is 0. The van der Waals surface area contributed by atoms with E-state index in [2.05, 4.69) is 30.5 Å². The molecule has 11 heteroatoms. The number of benzene rings is 1. The van der Waals surface area contributed by atoms with E-state index in [1.54, 1.807) is 0 Å². The van der Waals surface area contributed by atoms with Crippen LogP contribution in [0.4, 0.5) is 10.7 Å². The number of nitrogens with one attached hydrogen (secondary N) is 3. The van der Waals surface area contributed by atoms with Crippen LogP contribution in [0.1, 0.15) is 24.5 Å². The van der Waals surface area contributed by atoms with E-state index in [0.29, 0.717) is 11.7 Å². The first kappa shape index (κ1) is 20.1. The summed E-state index contributed by atoms with van der Waals surface area (Å²) in [5.41, 5.74) is 7.50. The van der Waals surface area contributed by atoms with Gasteiger partial charge in [0, 0.05) is 19.5 Å². The van der Waals surface area contributed by atoms with Crippen molar-refractivity contribution in [1.82, 2.24) is 35.4 Å². The van der Waals surface area contributed by atoms with Crippen molar-refractivity contribution in [1.29, 1.82) is 0 Å². The van der Waals surface area contributed by atoms with E-state index < -0.39 is 0 Å². The average molecular weight is 400 g/mol. The van der Waals surface area contributed by atoms with Crippen molar-refractivity contribution in [3.8, 4) is 0 Å². The van der Waals surface area contributed by atoms with E-state index in [1.165, 1.54) is 0 Å². The van der Waals surface area contributed by atoms with Crippen molar-refractivity contribution < 1.29 is 14.7 Å². The molecule has 0 saturated carbocycles. The summed E-state index contributed by atoms with van der Waals surface area (Å²) in [4.78, 5) is 34.6. The molecule has 6 N–H and O–H groups in total. The van der Waals surface area contributed by atoms with E-state index in [9.17, 15) is 4.79 Å². The highest BCUT2D eigenvalue weighted by atomic mass is 16.3. The number of H-pyrrole nitrogens is 2. The topological polar surface area (TPSA) is 166 Å². The monoisotopic (exact) mass is 400 g/mol. The Bertz CT molecular complexity index is 920. The number of aromatic nitrogens is 5. The van der Waals surface area contributed by atoms with Gasteiger partial charge in [-0.2, -0.15) is 4.98 Å². The van der Waals surface area contributed by atoms with Gasteiger partial charge in [-0.05, 0) is 30.9 Å². The first-order valence-electron chi connectivity index (χ1n) is 9.30. The number of amides is 2. The summed E-state index contributed by atoms with van der Waals surface area (Å²) in [5, 5.41) is 16.2. The predicted octanol–water partition coefficient (Wildman–Crippen LogP) is 1.13. The van der Waals surface area contributed by atoms with Crippen molar-refractivity contribution in [2.45, 2.75) is 25.8 Å². The van der Waals surface area contributed by atoms with Crippen LogP contribution >= 0.6 is 0 Å². The maximum absolute atomic E-state index is 12.4. The van der Waals surface area contributed by atoms with Crippen LogP contribution in [0, 0.1) is 5.92 Å². The molecule has 2 amide bonds. The Kier molecular flexibility index (Phi) is 6.61. The van der Waals surface area contributed by atoms with E-state index in [-0.39, 0.29) is 25.0 Å². The van der Waals surface area contributed by atoms with Crippen LogP contribution in [0.15, 0.2) is 24.3 Å². The number of anilines is 1. The van der Waals surface area contributed by atoms with Gasteiger partial charge >= 0.3 is 6.03 Å². The Labute approximate surface area is 166 Å². The van der Waals surface area contributed by atoms with Crippen LogP contribution in [0.5, 0.6) is 0 Å². The summed E-state index contributed by atoms with van der Waals surface area (Å²) in [6, 6.07) is 7.94. The minimum atomic E-state index is -0.250. The van der Waals surface area contributed by atoms with E-state index in [4.69, 9.17) is 15.6 Å². The van der Waals surface area contributed by atoms with Gasteiger partial charge in [-0.1, -0.05) is 12.1 Å². The lowest BCUT2D eigenvalue weighted by atomic mass is 9.95. The maximum Gasteiger partial charge on any atom is 0.317 e. The summed E-state index contributed by atoms with van der Waals surface area (Å²) >= 11 is 0. The molecule has 1 aliphatic heterocycles. The van der Waals surface area contributed by atoms with Gasteiger partial charge < -0.3 is 26.0 Å². The van der Waals surface area contributed by atoms with Gasteiger partial charge in [-0.15, -0.1) is 5.10 Å². The van der Waals surface area contributed by atoms with Gasteiger partial charge in [-0.25, -0.2) is 9.78 Å². The number of fused-ring (bicyclic) bond motifs is 1. The maximum atomic E-state index is 12.4. The molecule has 3 aromatic rings. The minimum absolute atomic E-state index is 0.0886. The zero-order chi connectivity index (χ0) is 20.6. The number of carbonyl (C=O) groups is 2. The summed E-state index contributed by atoms with van der Waals surface area (Å²) in [6.45, 7) is 1.52. The summed E-state index contributed by atoms with van der Waals surface area (Å²) in [5.74, 6) is 2.11. The molecule has 29 heavy (non-hydrogen) atoms. The van der Waals surface area contributed by atoms with Crippen LogP contribution in [0.25, 0.3) is 11.0 Å². The van der Waals surface area contributed by atoms with Crippen molar-refractivity contribution >= 4 is 29.5 Å². The third-order valence-corrected chi connectivity index (χ3v) is 4.68. The van der Waals surface area contributed by atoms with Crippen LogP contribution in [-0.4, -0.2) is 60.7 Å². The number of imidazole rings is 1. The highest BCUT2D eigenvalue weighted by molar-refractivity contribution is 5.75. The lowest BCUT2D eigenvalue weighted by Crippen LogP contribution is -2.45. The quantitative estimate of drug-likeness (QED) is 0.409. The number of carbonyl (C=O) groups excluding carboxylic acids is 1. The molecular weight excluding hydrogens is 376 g/mol. The number of urea groups is 1. The Morgan fingerprint density at radius 1 is 1.34 bits per heavy atom. The molecule has 3 heterocycles. The highest BCUT2D eigenvalue weighted by Gasteiger charge is 2.24. The summed E-state index contributed by atoms with van der Waals surface area (Å²) < 4.78 is 0. The number of nitrogens with two attached hydrogens (primary N) is 1. The molecule has 4 rings (SSSR count). The molecule has 1 atom stereocenters. The van der Waals surface area contributed by atoms with Gasteiger partial charge in [0.1, 0.15) is 11.6 Å². The molecule has 1 aliphatic rings. The van der Waals surface area contributed by atoms with Gasteiger partial charge in [0.2, 0.25) is 5.95 Å². The Hall–Kier alpha value is -3.63. The third-order valence-electron chi connectivity index (χ3n) is 4.68. The normalized spacial score (nSPS) is 16.1. The molecule has 2 aromatic heterocycles. The number of rotatable bonds is 4. The molecule has 0 spiro atoms. The first-order chi connectivity index (χ1) is 14.1. The highest BCUT2D eigenvalue weighted by Crippen LogP contribution is 2.21. The van der Waals surface area contributed by atoms with E-state index >= 15 is 0 Å². The molecule has 1 aromatic carbocycles. The van der Waals surface area contributed by atoms with Crippen molar-refractivity contribution in [2.75, 3.05) is 18.8 Å². The first-order valence-corrected chi connectivity index (χ1v) is 9.30. The van der Waals surface area contributed by atoms with Crippen LogP contribution < -0.4 is 11.1 Å². The molecule has 1 unspecified atom stereocenters. The molecule has 0 aliphatic carbocycles. The van der Waals surface area contributed by atoms with Crippen molar-refractivity contribution in [2.24, 2.45) is 5.92 Å². The fourth-order valence-corrected chi connectivity index (χ4v) is 3.45. The zero-order valence-corrected chi connectivity index (χ0v) is 15.8. The summed E-state index contributed by atoms with van der Waals surface area (Å²) in [6.07, 6.45) is 2.93. The van der Waals surface area contributed by atoms with Gasteiger partial charge in [-0.3, -0.25) is 9.89 Å². The van der Waals surface area contributed by atoms with Crippen LogP contribution in [0.3, 0.4) is 0 Å². The lowest BCUT2D eigenvalue weighted by molar-refractivity contribution is -0.122. The van der Waals surface area contributed by atoms with Gasteiger partial charge in [0.15, 0.2) is 0 Å². The molecule has 0 bridgehead atoms. The SMILES string of the molecule is Nc1n[nH]c(CNC(=O)N2CCCC(Cc3nc4ccccc4[nH]3)C2)n1.O=CO. The molecule has 1 saturated heterocycles. The standard InChI is InChI=1S/C17H22N8O.CH2O2/c18-16-22-15(23-24-16)9-19-17(26)25-7-3-4-11(10-25)8-14-20-12-5-1-2-6-13(12)21-14;2-1-3/h1-2,5-6,11H,3-4,7-10H2,(H,19,26)(H,20,21)(H3,18,22,23,24);1H,(H,2,3). The van der Waals surface area contributed by atoms with Gasteiger partial charge in [0.05, 0.1) is 17.6 Å². The van der Waals surface area contributed by atoms with Crippen LogP contribution in [-0.2, 0) is 17.8 Å². The Morgan fingerprint density at radius 3 is 2.86 bits per heavy atom. The Morgan fingerprint density at radius 2 is 2.14 bits per heavy atom. The molecular formula is C18H24N8O3. The molecule has 0 radical (unpaired) electrons. The number of aromatic amines is 2. The van der Waals surface area contributed by atoms with Crippen molar-refractivity contribution in [3.63, 3.8) is 0 Å². The van der Waals surface area contributed by atoms with E-state index in [1.807, 2.05) is 29.2 Å². The number of nitrogens with zero attached hydrogens (tertiary/aromatic N) is 4. The minimum Gasteiger partial charge on any atom is -0.483 e. The molecule has 154 valence electrons. The number of hydrogen-bond acceptors (Lipinski definition) is 6. The number of hydrogen-bond donors (Lipinski definition) is 5. The third kappa shape index (κ3) is 5.43. The predicted molar refractivity (Wildman–Crippen MR) is 106 cm³/mol. The second-order valence-corrected chi connectivity index (χ2v) is 6.76. The van der Waals surface area contributed by atoms with Crippen LogP contribution in [0.2, 0.25) is 0 Å². The van der Waals surface area contributed by atoms with Crippen molar-refractivity contribution in [3.05, 3.63) is 35.9 Å². The second kappa shape index (κ2) is 9.53. The largest absolute Gasteiger partial charge is 0.483 e. The number of carboxylic acid groups (broad SMARTS) is 1. The molecule has 11 nitrogen and oxygen atoms in total. The second-order valence-electron chi connectivity index (χ2n) is 6.76. The number of para-hydroxylation sites is 2. The lowest BCUT2D eigenvalue weighted by Gasteiger charge is -2.32.